The Morgan fingerprint density at radius 3 is 2.62 bits per heavy atom. The highest BCUT2D eigenvalue weighted by atomic mass is 19.1. The average molecular weight is 471 g/mol. The molecule has 1 saturated heterocycles. The third kappa shape index (κ3) is 4.06. The number of carbonyl (C=O) groups is 2. The largest absolute Gasteiger partial charge is 0.501 e. The first-order chi connectivity index (χ1) is 16.4. The monoisotopic (exact) mass is 470 g/mol. The quantitative estimate of drug-likeness (QED) is 0.612. The van der Waals surface area contributed by atoms with Crippen LogP contribution in [0, 0.1) is 11.7 Å². The number of ether oxygens (including phenoxy) is 1. The maximum atomic E-state index is 13.1. The third-order valence-electron chi connectivity index (χ3n) is 7.14. The van der Waals surface area contributed by atoms with Gasteiger partial charge in [0.1, 0.15) is 17.7 Å². The SMILES string of the molecule is O=C(NCc1ccc(F)cc1)c1nc2n(c(=O)c1O)CC1CCC2(NC(=O)C2CCCO2)CC1. The first kappa shape index (κ1) is 22.5. The molecule has 2 amide bonds. The molecule has 0 radical (unpaired) electrons. The highest BCUT2D eigenvalue weighted by Gasteiger charge is 2.46. The third-order valence-corrected chi connectivity index (χ3v) is 7.14. The van der Waals surface area contributed by atoms with Crippen molar-refractivity contribution in [3.8, 4) is 5.75 Å². The van der Waals surface area contributed by atoms with Crippen LogP contribution in [0.1, 0.15) is 60.4 Å². The Morgan fingerprint density at radius 2 is 1.94 bits per heavy atom. The van der Waals surface area contributed by atoms with Crippen molar-refractivity contribution in [2.45, 2.75) is 63.3 Å². The number of aromatic hydroxyl groups is 1. The molecule has 180 valence electrons. The molecule has 3 aliphatic heterocycles. The van der Waals surface area contributed by atoms with E-state index < -0.39 is 34.7 Å². The average Bonchev–Trinajstić information content (AvgIpc) is 3.29. The number of carbonyl (C=O) groups excluding carboxylic acids is 2. The van der Waals surface area contributed by atoms with E-state index in [-0.39, 0.29) is 24.1 Å². The van der Waals surface area contributed by atoms with Crippen LogP contribution in [0.3, 0.4) is 0 Å². The molecule has 2 aromatic rings. The van der Waals surface area contributed by atoms with Gasteiger partial charge in [-0.2, -0.15) is 0 Å². The molecule has 1 aromatic carbocycles. The van der Waals surface area contributed by atoms with Gasteiger partial charge in [-0.15, -0.1) is 0 Å². The predicted octanol–water partition coefficient (Wildman–Crippen LogP) is 1.71. The molecule has 2 bridgehead atoms. The number of nitrogens with one attached hydrogen (secondary N) is 2. The number of benzene rings is 1. The lowest BCUT2D eigenvalue weighted by atomic mass is 9.77. The summed E-state index contributed by atoms with van der Waals surface area (Å²) in [5.41, 5.74) is -1.33. The Labute approximate surface area is 195 Å². The number of aromatic nitrogens is 2. The fourth-order valence-electron chi connectivity index (χ4n) is 5.22. The molecule has 9 nitrogen and oxygen atoms in total. The summed E-state index contributed by atoms with van der Waals surface area (Å²) in [4.78, 5) is 43.5. The van der Waals surface area contributed by atoms with Gasteiger partial charge in [-0.05, 0) is 62.1 Å². The van der Waals surface area contributed by atoms with Crippen molar-refractivity contribution in [3.63, 3.8) is 0 Å². The molecule has 1 aromatic heterocycles. The fourth-order valence-corrected chi connectivity index (χ4v) is 5.22. The molecular weight excluding hydrogens is 443 g/mol. The first-order valence-corrected chi connectivity index (χ1v) is 11.7. The first-order valence-electron chi connectivity index (χ1n) is 11.7. The molecule has 34 heavy (non-hydrogen) atoms. The molecule has 10 heteroatoms. The van der Waals surface area contributed by atoms with Crippen LogP contribution >= 0.6 is 0 Å². The van der Waals surface area contributed by atoms with E-state index in [0.29, 0.717) is 43.8 Å². The molecule has 0 spiro atoms. The van der Waals surface area contributed by atoms with E-state index in [1.165, 1.54) is 28.8 Å². The smallest absolute Gasteiger partial charge is 0.296 e. The molecule has 3 N–H and O–H groups in total. The van der Waals surface area contributed by atoms with Crippen LogP contribution in [-0.2, 0) is 28.2 Å². The molecule has 6 rings (SSSR count). The van der Waals surface area contributed by atoms with Gasteiger partial charge in [0.25, 0.3) is 11.5 Å². The second kappa shape index (κ2) is 8.83. The zero-order valence-electron chi connectivity index (χ0n) is 18.7. The summed E-state index contributed by atoms with van der Waals surface area (Å²) in [5.74, 6) is -1.55. The lowest BCUT2D eigenvalue weighted by Crippen LogP contribution is -2.52. The fraction of sp³-hybridized carbons (Fsp3) is 0.500. The molecule has 1 atom stereocenters. The van der Waals surface area contributed by atoms with E-state index in [1.807, 2.05) is 0 Å². The maximum Gasteiger partial charge on any atom is 0.296 e. The van der Waals surface area contributed by atoms with Crippen LogP contribution in [0.25, 0.3) is 0 Å². The summed E-state index contributed by atoms with van der Waals surface area (Å²) in [6.07, 6.45) is 3.67. The zero-order chi connectivity index (χ0) is 23.9. The highest BCUT2D eigenvalue weighted by Crippen LogP contribution is 2.43. The van der Waals surface area contributed by atoms with Gasteiger partial charge in [0.15, 0.2) is 5.69 Å². The predicted molar refractivity (Wildman–Crippen MR) is 118 cm³/mol. The van der Waals surface area contributed by atoms with Gasteiger partial charge >= 0.3 is 0 Å². The van der Waals surface area contributed by atoms with Crippen molar-refractivity contribution in [1.29, 1.82) is 0 Å². The standard InChI is InChI=1S/C24H27FN4O5/c25-16-5-3-14(4-6-16)12-26-21(32)18-19(30)22(33)29-13-15-7-9-24(10-8-15,23(29)27-18)28-20(31)17-2-1-11-34-17/h3-6,15,17,30H,1-2,7-13H2,(H,26,32)(H,28,31). The summed E-state index contributed by atoms with van der Waals surface area (Å²) in [5, 5.41) is 16.3. The topological polar surface area (TPSA) is 123 Å². The van der Waals surface area contributed by atoms with Crippen molar-refractivity contribution < 1.29 is 23.8 Å². The Morgan fingerprint density at radius 1 is 1.21 bits per heavy atom. The van der Waals surface area contributed by atoms with E-state index in [2.05, 4.69) is 15.6 Å². The Hall–Kier alpha value is -3.27. The van der Waals surface area contributed by atoms with Gasteiger partial charge in [-0.1, -0.05) is 12.1 Å². The van der Waals surface area contributed by atoms with E-state index in [4.69, 9.17) is 4.74 Å². The number of hydrogen-bond donors (Lipinski definition) is 3. The number of halogens is 1. The summed E-state index contributed by atoms with van der Waals surface area (Å²) >= 11 is 0. The molecule has 4 heterocycles. The molecule has 1 saturated carbocycles. The van der Waals surface area contributed by atoms with Crippen molar-refractivity contribution in [3.05, 3.63) is 57.5 Å². The van der Waals surface area contributed by atoms with Gasteiger partial charge < -0.3 is 20.5 Å². The highest BCUT2D eigenvalue weighted by molar-refractivity contribution is 5.94. The number of nitrogens with zero attached hydrogens (tertiary/aromatic N) is 2. The van der Waals surface area contributed by atoms with Crippen LogP contribution in [0.4, 0.5) is 4.39 Å². The summed E-state index contributed by atoms with van der Waals surface area (Å²) in [6.45, 7) is 0.985. The Kier molecular flexibility index (Phi) is 5.85. The van der Waals surface area contributed by atoms with Gasteiger partial charge in [0, 0.05) is 19.7 Å². The van der Waals surface area contributed by atoms with Gasteiger partial charge in [0.05, 0.1) is 5.54 Å². The molecule has 4 aliphatic rings. The zero-order valence-corrected chi connectivity index (χ0v) is 18.7. The van der Waals surface area contributed by atoms with Crippen molar-refractivity contribution in [2.24, 2.45) is 5.92 Å². The lowest BCUT2D eigenvalue weighted by molar-refractivity contribution is -0.132. The summed E-state index contributed by atoms with van der Waals surface area (Å²) in [6, 6.07) is 5.62. The summed E-state index contributed by atoms with van der Waals surface area (Å²) in [7, 11) is 0. The van der Waals surface area contributed by atoms with Crippen LogP contribution in [0.2, 0.25) is 0 Å². The maximum absolute atomic E-state index is 13.1. The minimum absolute atomic E-state index is 0.0711. The van der Waals surface area contributed by atoms with E-state index in [1.54, 1.807) is 0 Å². The van der Waals surface area contributed by atoms with Crippen LogP contribution in [0.5, 0.6) is 5.75 Å². The van der Waals surface area contributed by atoms with Crippen LogP contribution in [-0.4, -0.2) is 39.2 Å². The molecule has 1 unspecified atom stereocenters. The molecule has 2 fully saturated rings. The molecule has 1 aliphatic carbocycles. The van der Waals surface area contributed by atoms with Crippen molar-refractivity contribution >= 4 is 11.8 Å². The van der Waals surface area contributed by atoms with Crippen molar-refractivity contribution in [2.75, 3.05) is 6.61 Å². The van der Waals surface area contributed by atoms with Crippen molar-refractivity contribution in [1.82, 2.24) is 20.2 Å². The number of hydrogen-bond acceptors (Lipinski definition) is 6. The van der Waals surface area contributed by atoms with Gasteiger partial charge in [-0.3, -0.25) is 19.0 Å². The second-order valence-corrected chi connectivity index (χ2v) is 9.37. The normalized spacial score (nSPS) is 25.4. The molecular formula is C24H27FN4O5. The number of rotatable bonds is 5. The Balaban J connectivity index is 1.47. The van der Waals surface area contributed by atoms with E-state index in [0.717, 1.165) is 19.3 Å². The van der Waals surface area contributed by atoms with Crippen LogP contribution in [0.15, 0.2) is 29.1 Å². The minimum atomic E-state index is -0.908. The number of fused-ring (bicyclic) bond motifs is 2. The van der Waals surface area contributed by atoms with Gasteiger partial charge in [-0.25, -0.2) is 9.37 Å². The Bertz CT molecular complexity index is 1170. The van der Waals surface area contributed by atoms with E-state index >= 15 is 0 Å². The summed E-state index contributed by atoms with van der Waals surface area (Å²) < 4.78 is 20.1. The number of amides is 2. The second-order valence-electron chi connectivity index (χ2n) is 9.37. The minimum Gasteiger partial charge on any atom is -0.501 e. The van der Waals surface area contributed by atoms with Crippen LogP contribution < -0.4 is 16.2 Å². The lowest BCUT2D eigenvalue weighted by Gasteiger charge is -2.37. The van der Waals surface area contributed by atoms with E-state index in [9.17, 15) is 23.9 Å². The van der Waals surface area contributed by atoms with Gasteiger partial charge in [0.2, 0.25) is 11.7 Å².